The first kappa shape index (κ1) is 20.4. The average molecular weight is 458 g/mol. The zero-order chi connectivity index (χ0) is 16.5. The number of nitrogens with one attached hydrogen (secondary N) is 3. The summed E-state index contributed by atoms with van der Waals surface area (Å²) in [4.78, 5) is 16.5. The molecular formula is C17H23IN4OS. The molecule has 0 bridgehead atoms. The van der Waals surface area contributed by atoms with E-state index in [-0.39, 0.29) is 29.9 Å². The number of amides is 1. The van der Waals surface area contributed by atoms with E-state index in [0.717, 1.165) is 31.2 Å². The predicted molar refractivity (Wildman–Crippen MR) is 112 cm³/mol. The summed E-state index contributed by atoms with van der Waals surface area (Å²) in [5.41, 5.74) is 2.03. The molecule has 1 aromatic carbocycles. The van der Waals surface area contributed by atoms with Crippen LogP contribution in [-0.2, 0) is 17.8 Å². The third kappa shape index (κ3) is 7.31. The van der Waals surface area contributed by atoms with Gasteiger partial charge in [-0.2, -0.15) is 0 Å². The van der Waals surface area contributed by atoms with Crippen molar-refractivity contribution in [3.05, 3.63) is 52.2 Å². The van der Waals surface area contributed by atoms with Crippen molar-refractivity contribution in [2.45, 2.75) is 19.9 Å². The highest BCUT2D eigenvalue weighted by atomic mass is 127. The van der Waals surface area contributed by atoms with Crippen molar-refractivity contribution in [1.29, 1.82) is 0 Å². The zero-order valence-corrected chi connectivity index (χ0v) is 17.0. The standard InChI is InChI=1S/C17H22N4OS.HI/c1-13(22)21-15-7-5-14(6-8-15)9-10-19-17(18-2)20-12-16-4-3-11-23-16;/h3-8,11H,9-10,12H2,1-2H3,(H,21,22)(H2,18,19,20);1H. The molecule has 7 heteroatoms. The lowest BCUT2D eigenvalue weighted by molar-refractivity contribution is -0.114. The Morgan fingerprint density at radius 2 is 1.92 bits per heavy atom. The van der Waals surface area contributed by atoms with Crippen molar-refractivity contribution in [3.63, 3.8) is 0 Å². The lowest BCUT2D eigenvalue weighted by Gasteiger charge is -2.11. The number of hydrogen-bond acceptors (Lipinski definition) is 3. The zero-order valence-electron chi connectivity index (χ0n) is 13.8. The Hall–Kier alpha value is -1.61. The number of anilines is 1. The quantitative estimate of drug-likeness (QED) is 0.354. The normalized spacial score (nSPS) is 10.7. The fourth-order valence-corrected chi connectivity index (χ4v) is 2.73. The molecule has 0 aliphatic heterocycles. The minimum absolute atomic E-state index is 0. The topological polar surface area (TPSA) is 65.5 Å². The molecule has 0 spiro atoms. The first-order valence-corrected chi connectivity index (χ1v) is 8.39. The molecule has 0 saturated heterocycles. The summed E-state index contributed by atoms with van der Waals surface area (Å²) in [7, 11) is 1.77. The molecular weight excluding hydrogens is 435 g/mol. The largest absolute Gasteiger partial charge is 0.356 e. The number of benzene rings is 1. The minimum atomic E-state index is -0.0555. The summed E-state index contributed by atoms with van der Waals surface area (Å²) < 4.78 is 0. The number of rotatable bonds is 6. The number of halogens is 1. The highest BCUT2D eigenvalue weighted by molar-refractivity contribution is 14.0. The number of nitrogens with zero attached hydrogens (tertiary/aromatic N) is 1. The van der Waals surface area contributed by atoms with Gasteiger partial charge in [0.05, 0.1) is 6.54 Å². The summed E-state index contributed by atoms with van der Waals surface area (Å²) in [5, 5.41) is 11.4. The van der Waals surface area contributed by atoms with Crippen LogP contribution in [-0.4, -0.2) is 25.5 Å². The molecule has 0 saturated carbocycles. The van der Waals surface area contributed by atoms with Crippen molar-refractivity contribution in [2.75, 3.05) is 18.9 Å². The lowest BCUT2D eigenvalue weighted by atomic mass is 10.1. The van der Waals surface area contributed by atoms with E-state index in [0.29, 0.717) is 0 Å². The second-order valence-corrected chi connectivity index (χ2v) is 6.09. The molecule has 3 N–H and O–H groups in total. The number of aliphatic imine (C=N–C) groups is 1. The number of hydrogen-bond donors (Lipinski definition) is 3. The molecule has 1 amide bonds. The predicted octanol–water partition coefficient (Wildman–Crippen LogP) is 3.23. The summed E-state index contributed by atoms with van der Waals surface area (Å²) in [6.07, 6.45) is 0.889. The van der Waals surface area contributed by atoms with Crippen LogP contribution >= 0.6 is 35.3 Å². The maximum Gasteiger partial charge on any atom is 0.221 e. The molecule has 130 valence electrons. The van der Waals surface area contributed by atoms with Crippen molar-refractivity contribution in [3.8, 4) is 0 Å². The van der Waals surface area contributed by atoms with E-state index in [1.807, 2.05) is 30.3 Å². The Labute approximate surface area is 164 Å². The van der Waals surface area contributed by atoms with Crippen LogP contribution in [0.15, 0.2) is 46.8 Å². The lowest BCUT2D eigenvalue weighted by Crippen LogP contribution is -2.37. The van der Waals surface area contributed by atoms with Crippen LogP contribution in [0.3, 0.4) is 0 Å². The van der Waals surface area contributed by atoms with Crippen LogP contribution in [0.4, 0.5) is 5.69 Å². The van der Waals surface area contributed by atoms with Crippen LogP contribution in [0.25, 0.3) is 0 Å². The third-order valence-electron chi connectivity index (χ3n) is 3.21. The van der Waals surface area contributed by atoms with Gasteiger partial charge in [0.1, 0.15) is 0 Å². The summed E-state index contributed by atoms with van der Waals surface area (Å²) >= 11 is 1.73. The van der Waals surface area contributed by atoms with Gasteiger partial charge in [-0.3, -0.25) is 9.79 Å². The van der Waals surface area contributed by atoms with E-state index in [1.54, 1.807) is 18.4 Å². The van der Waals surface area contributed by atoms with Crippen LogP contribution in [0.2, 0.25) is 0 Å². The average Bonchev–Trinajstić information content (AvgIpc) is 3.05. The molecule has 0 aliphatic rings. The molecule has 0 unspecified atom stereocenters. The SMILES string of the molecule is CN=C(NCCc1ccc(NC(C)=O)cc1)NCc1cccs1.I. The Bertz CT molecular complexity index is 641. The van der Waals surface area contributed by atoms with Gasteiger partial charge in [-0.25, -0.2) is 0 Å². The van der Waals surface area contributed by atoms with Crippen LogP contribution in [0, 0.1) is 0 Å². The van der Waals surface area contributed by atoms with Crippen LogP contribution in [0.1, 0.15) is 17.4 Å². The Balaban J connectivity index is 0.00000288. The smallest absolute Gasteiger partial charge is 0.221 e. The van der Waals surface area contributed by atoms with Gasteiger partial charge in [0, 0.05) is 31.1 Å². The Morgan fingerprint density at radius 3 is 2.50 bits per heavy atom. The van der Waals surface area contributed by atoms with Gasteiger partial charge in [0.2, 0.25) is 5.91 Å². The third-order valence-corrected chi connectivity index (χ3v) is 4.09. The van der Waals surface area contributed by atoms with Crippen LogP contribution < -0.4 is 16.0 Å². The number of guanidine groups is 1. The van der Waals surface area contributed by atoms with Crippen molar-refractivity contribution < 1.29 is 4.79 Å². The number of carbonyl (C=O) groups excluding carboxylic acids is 1. The Morgan fingerprint density at radius 1 is 1.17 bits per heavy atom. The highest BCUT2D eigenvalue weighted by Gasteiger charge is 2.00. The number of carbonyl (C=O) groups is 1. The molecule has 2 rings (SSSR count). The minimum Gasteiger partial charge on any atom is -0.356 e. The summed E-state index contributed by atoms with van der Waals surface area (Å²) in [6, 6.07) is 12.0. The maximum atomic E-state index is 11.0. The maximum absolute atomic E-state index is 11.0. The molecule has 0 aliphatic carbocycles. The van der Waals surface area contributed by atoms with E-state index in [2.05, 4.69) is 32.4 Å². The fourth-order valence-electron chi connectivity index (χ4n) is 2.09. The van der Waals surface area contributed by atoms with Gasteiger partial charge < -0.3 is 16.0 Å². The first-order valence-electron chi connectivity index (χ1n) is 7.51. The first-order chi connectivity index (χ1) is 11.2. The number of thiophene rings is 1. The van der Waals surface area contributed by atoms with Crippen LogP contribution in [0.5, 0.6) is 0 Å². The monoisotopic (exact) mass is 458 g/mol. The molecule has 24 heavy (non-hydrogen) atoms. The molecule has 0 atom stereocenters. The van der Waals surface area contributed by atoms with Crippen molar-refractivity contribution >= 4 is 52.9 Å². The van der Waals surface area contributed by atoms with Crippen molar-refractivity contribution in [1.82, 2.24) is 10.6 Å². The molecule has 1 aromatic heterocycles. The molecule has 5 nitrogen and oxygen atoms in total. The summed E-state index contributed by atoms with van der Waals surface area (Å²) in [6.45, 7) is 3.08. The molecule has 1 heterocycles. The highest BCUT2D eigenvalue weighted by Crippen LogP contribution is 2.10. The van der Waals surface area contributed by atoms with Gasteiger partial charge in [0.25, 0.3) is 0 Å². The van der Waals surface area contributed by atoms with Gasteiger partial charge in [-0.1, -0.05) is 18.2 Å². The van der Waals surface area contributed by atoms with E-state index < -0.39 is 0 Å². The van der Waals surface area contributed by atoms with E-state index in [1.165, 1.54) is 17.4 Å². The Kier molecular flexibility index (Phi) is 9.39. The summed E-state index contributed by atoms with van der Waals surface area (Å²) in [5.74, 6) is 0.744. The second kappa shape index (κ2) is 11.0. The van der Waals surface area contributed by atoms with Gasteiger partial charge in [-0.15, -0.1) is 35.3 Å². The second-order valence-electron chi connectivity index (χ2n) is 5.06. The molecule has 0 radical (unpaired) electrons. The van der Waals surface area contributed by atoms with E-state index in [9.17, 15) is 4.79 Å². The van der Waals surface area contributed by atoms with Crippen molar-refractivity contribution in [2.24, 2.45) is 4.99 Å². The van der Waals surface area contributed by atoms with Gasteiger partial charge >= 0.3 is 0 Å². The van der Waals surface area contributed by atoms with E-state index in [4.69, 9.17) is 0 Å². The molecule has 2 aromatic rings. The fraction of sp³-hybridized carbons (Fsp3) is 0.294. The van der Waals surface area contributed by atoms with Gasteiger partial charge in [0.15, 0.2) is 5.96 Å². The van der Waals surface area contributed by atoms with Gasteiger partial charge in [-0.05, 0) is 35.6 Å². The van der Waals surface area contributed by atoms with E-state index >= 15 is 0 Å². The molecule has 0 fully saturated rings.